The van der Waals surface area contributed by atoms with E-state index in [0.717, 1.165) is 5.69 Å². The molecule has 3 N–H and O–H groups in total. The highest BCUT2D eigenvalue weighted by Crippen LogP contribution is 2.11. The lowest BCUT2D eigenvalue weighted by Gasteiger charge is -2.10. The number of aryl methyl sites for hydroxylation is 1. The largest absolute Gasteiger partial charge is 0.368 e. The highest BCUT2D eigenvalue weighted by Gasteiger charge is 2.14. The van der Waals surface area contributed by atoms with E-state index in [1.165, 1.54) is 13.0 Å². The van der Waals surface area contributed by atoms with Gasteiger partial charge >= 0.3 is 0 Å². The van der Waals surface area contributed by atoms with Crippen LogP contribution in [0, 0.1) is 0 Å². The van der Waals surface area contributed by atoms with Gasteiger partial charge in [0.2, 0.25) is 5.91 Å². The first kappa shape index (κ1) is 13.4. The second-order valence-electron chi connectivity index (χ2n) is 3.62. The minimum atomic E-state index is -0.723. The Morgan fingerprint density at radius 1 is 1.53 bits per heavy atom. The van der Waals surface area contributed by atoms with Crippen LogP contribution in [-0.4, -0.2) is 22.8 Å². The van der Waals surface area contributed by atoms with Crippen LogP contribution in [0.4, 0.5) is 0 Å². The summed E-state index contributed by atoms with van der Waals surface area (Å²) in [5.41, 5.74) is 6.14. The summed E-state index contributed by atoms with van der Waals surface area (Å²) in [5, 5.41) is 2.73. The fourth-order valence-electron chi connectivity index (χ4n) is 1.21. The number of nitrogens with one attached hydrogen (secondary N) is 1. The average molecular weight is 256 g/mol. The van der Waals surface area contributed by atoms with Crippen molar-refractivity contribution in [1.29, 1.82) is 0 Å². The Morgan fingerprint density at radius 2 is 2.18 bits per heavy atom. The molecule has 0 fully saturated rings. The molecule has 1 atom stereocenters. The summed E-state index contributed by atoms with van der Waals surface area (Å²) in [5.74, 6) is -0.982. The lowest BCUT2D eigenvalue weighted by atomic mass is 10.2. The van der Waals surface area contributed by atoms with Crippen molar-refractivity contribution in [3.05, 3.63) is 28.5 Å². The monoisotopic (exact) mass is 255 g/mol. The third kappa shape index (κ3) is 3.71. The molecule has 0 saturated carbocycles. The Morgan fingerprint density at radius 3 is 2.71 bits per heavy atom. The zero-order valence-corrected chi connectivity index (χ0v) is 10.4. The van der Waals surface area contributed by atoms with Gasteiger partial charge in [0.25, 0.3) is 5.91 Å². The molecule has 0 aliphatic carbocycles. The van der Waals surface area contributed by atoms with Gasteiger partial charge in [0.05, 0.1) is 0 Å². The number of pyridine rings is 1. The molecule has 92 valence electrons. The number of carbonyl (C=O) groups is 2. The Kier molecular flexibility index (Phi) is 4.45. The van der Waals surface area contributed by atoms with Crippen LogP contribution in [-0.2, 0) is 11.2 Å². The molecule has 0 spiro atoms. The number of hydrogen-bond acceptors (Lipinski definition) is 3. The van der Waals surface area contributed by atoms with Crippen molar-refractivity contribution in [2.45, 2.75) is 26.3 Å². The van der Waals surface area contributed by atoms with Crippen LogP contribution < -0.4 is 11.1 Å². The normalized spacial score (nSPS) is 11.9. The maximum atomic E-state index is 11.8. The molecule has 1 rings (SSSR count). The van der Waals surface area contributed by atoms with Crippen LogP contribution >= 0.6 is 11.6 Å². The number of carbonyl (C=O) groups excluding carboxylic acids is 2. The summed E-state index contributed by atoms with van der Waals surface area (Å²) >= 11 is 5.79. The highest BCUT2D eigenvalue weighted by atomic mass is 35.5. The number of nitrogens with zero attached hydrogens (tertiary/aromatic N) is 1. The van der Waals surface area contributed by atoms with E-state index in [-0.39, 0.29) is 5.15 Å². The van der Waals surface area contributed by atoms with Gasteiger partial charge in [-0.2, -0.15) is 0 Å². The van der Waals surface area contributed by atoms with Crippen molar-refractivity contribution in [3.63, 3.8) is 0 Å². The maximum Gasteiger partial charge on any atom is 0.252 e. The molecule has 6 heteroatoms. The molecule has 0 bridgehead atoms. The van der Waals surface area contributed by atoms with E-state index >= 15 is 0 Å². The molecular formula is C11H14ClN3O2. The van der Waals surface area contributed by atoms with E-state index < -0.39 is 17.9 Å². The van der Waals surface area contributed by atoms with Crippen LogP contribution in [0.25, 0.3) is 0 Å². The second kappa shape index (κ2) is 5.63. The van der Waals surface area contributed by atoms with Crippen molar-refractivity contribution in [1.82, 2.24) is 10.3 Å². The van der Waals surface area contributed by atoms with E-state index in [9.17, 15) is 9.59 Å². The third-order valence-corrected chi connectivity index (χ3v) is 2.44. The third-order valence-electron chi connectivity index (χ3n) is 2.25. The number of rotatable bonds is 4. The molecule has 0 aliphatic rings. The van der Waals surface area contributed by atoms with Gasteiger partial charge in [0.1, 0.15) is 11.2 Å². The van der Waals surface area contributed by atoms with Gasteiger partial charge in [-0.15, -0.1) is 0 Å². The van der Waals surface area contributed by atoms with Crippen LogP contribution in [0.1, 0.15) is 29.9 Å². The fraction of sp³-hybridized carbons (Fsp3) is 0.364. The number of amides is 2. The molecule has 2 amide bonds. The summed E-state index contributed by atoms with van der Waals surface area (Å²) in [6.45, 7) is 3.43. The van der Waals surface area contributed by atoms with Gasteiger partial charge in [-0.3, -0.25) is 9.59 Å². The summed E-state index contributed by atoms with van der Waals surface area (Å²) in [7, 11) is 0. The van der Waals surface area contributed by atoms with Gasteiger partial charge in [0, 0.05) is 11.3 Å². The zero-order chi connectivity index (χ0) is 13.0. The maximum absolute atomic E-state index is 11.8. The SMILES string of the molecule is CCc1cc(C(=O)NC(C)C(N)=O)cc(Cl)n1. The number of halogens is 1. The zero-order valence-electron chi connectivity index (χ0n) is 9.66. The molecule has 5 nitrogen and oxygen atoms in total. The highest BCUT2D eigenvalue weighted by molar-refractivity contribution is 6.29. The average Bonchev–Trinajstić information content (AvgIpc) is 2.27. The van der Waals surface area contributed by atoms with Gasteiger partial charge in [-0.25, -0.2) is 4.98 Å². The van der Waals surface area contributed by atoms with E-state index in [1.807, 2.05) is 6.92 Å². The first-order valence-electron chi connectivity index (χ1n) is 5.20. The van der Waals surface area contributed by atoms with E-state index in [4.69, 9.17) is 17.3 Å². The summed E-state index contributed by atoms with van der Waals surface area (Å²) < 4.78 is 0. The van der Waals surface area contributed by atoms with Crippen molar-refractivity contribution in [2.24, 2.45) is 5.73 Å². The summed E-state index contributed by atoms with van der Waals surface area (Å²) in [4.78, 5) is 26.6. The summed E-state index contributed by atoms with van der Waals surface area (Å²) in [6.07, 6.45) is 0.673. The van der Waals surface area contributed by atoms with E-state index in [0.29, 0.717) is 12.0 Å². The van der Waals surface area contributed by atoms with E-state index in [1.54, 1.807) is 6.07 Å². The molecule has 0 aromatic carbocycles. The standard InChI is InChI=1S/C11H14ClN3O2/c1-3-8-4-7(5-9(12)15-8)11(17)14-6(2)10(13)16/h4-6H,3H2,1-2H3,(H2,13,16)(H,14,17). The smallest absolute Gasteiger partial charge is 0.252 e. The van der Waals surface area contributed by atoms with Crippen molar-refractivity contribution < 1.29 is 9.59 Å². The lowest BCUT2D eigenvalue weighted by molar-refractivity contribution is -0.119. The number of hydrogen-bond donors (Lipinski definition) is 2. The molecule has 0 radical (unpaired) electrons. The quantitative estimate of drug-likeness (QED) is 0.784. The van der Waals surface area contributed by atoms with Crippen LogP contribution in [0.5, 0.6) is 0 Å². The van der Waals surface area contributed by atoms with Gasteiger partial charge < -0.3 is 11.1 Å². The van der Waals surface area contributed by atoms with Crippen molar-refractivity contribution in [3.8, 4) is 0 Å². The molecule has 17 heavy (non-hydrogen) atoms. The topological polar surface area (TPSA) is 85.1 Å². The summed E-state index contributed by atoms with van der Waals surface area (Å²) in [6, 6.07) is 2.36. The van der Waals surface area contributed by atoms with Gasteiger partial charge in [0.15, 0.2) is 0 Å². The Labute approximate surface area is 104 Å². The molecule has 1 aromatic heterocycles. The molecule has 0 saturated heterocycles. The predicted octanol–water partition coefficient (Wildman–Crippen LogP) is 0.901. The fourth-order valence-corrected chi connectivity index (χ4v) is 1.44. The first-order valence-corrected chi connectivity index (χ1v) is 5.58. The van der Waals surface area contributed by atoms with Gasteiger partial charge in [-0.1, -0.05) is 18.5 Å². The van der Waals surface area contributed by atoms with Crippen LogP contribution in [0.15, 0.2) is 12.1 Å². The molecule has 0 aliphatic heterocycles. The Bertz CT molecular complexity index is 448. The molecular weight excluding hydrogens is 242 g/mol. The first-order chi connectivity index (χ1) is 7.93. The minimum Gasteiger partial charge on any atom is -0.368 e. The van der Waals surface area contributed by atoms with Crippen molar-refractivity contribution in [2.75, 3.05) is 0 Å². The molecule has 1 aromatic rings. The van der Waals surface area contributed by atoms with Crippen LogP contribution in [0.2, 0.25) is 5.15 Å². The second-order valence-corrected chi connectivity index (χ2v) is 4.01. The molecule has 1 unspecified atom stereocenters. The van der Waals surface area contributed by atoms with Crippen LogP contribution in [0.3, 0.4) is 0 Å². The predicted molar refractivity (Wildman–Crippen MR) is 64.7 cm³/mol. The number of primary amides is 1. The Hall–Kier alpha value is -1.62. The van der Waals surface area contributed by atoms with Gasteiger partial charge in [-0.05, 0) is 25.5 Å². The van der Waals surface area contributed by atoms with E-state index in [2.05, 4.69) is 10.3 Å². The molecule has 1 heterocycles. The number of nitrogens with two attached hydrogens (primary N) is 1. The Balaban J connectivity index is 2.88. The number of aromatic nitrogens is 1. The van der Waals surface area contributed by atoms with Crippen molar-refractivity contribution >= 4 is 23.4 Å². The lowest BCUT2D eigenvalue weighted by Crippen LogP contribution is -2.42. The minimum absolute atomic E-state index is 0.251.